The maximum absolute atomic E-state index is 12.1. The van der Waals surface area contributed by atoms with Crippen molar-refractivity contribution in [2.24, 2.45) is 5.16 Å². The van der Waals surface area contributed by atoms with Gasteiger partial charge in [-0.25, -0.2) is 4.79 Å². The van der Waals surface area contributed by atoms with E-state index in [1.165, 1.54) is 0 Å². The third-order valence-corrected chi connectivity index (χ3v) is 3.49. The smallest absolute Gasteiger partial charge is 0.349 e. The van der Waals surface area contributed by atoms with Gasteiger partial charge in [-0.05, 0) is 24.3 Å². The zero-order valence-electron chi connectivity index (χ0n) is 11.2. The molecule has 0 bridgehead atoms. The van der Waals surface area contributed by atoms with Crippen molar-refractivity contribution in [1.29, 1.82) is 0 Å². The summed E-state index contributed by atoms with van der Waals surface area (Å²) in [6.07, 6.45) is 0. The van der Waals surface area contributed by atoms with Gasteiger partial charge < -0.3 is 14.7 Å². The van der Waals surface area contributed by atoms with Gasteiger partial charge in [-0.1, -0.05) is 41.0 Å². The Bertz CT molecular complexity index is 929. The van der Waals surface area contributed by atoms with Crippen LogP contribution in [0.2, 0.25) is 5.02 Å². The molecule has 0 atom stereocenters. The van der Waals surface area contributed by atoms with Crippen LogP contribution in [0, 0.1) is 0 Å². The lowest BCUT2D eigenvalue weighted by Gasteiger charge is -2.08. The molecule has 0 aliphatic carbocycles. The van der Waals surface area contributed by atoms with Gasteiger partial charge in [0.25, 0.3) is 0 Å². The van der Waals surface area contributed by atoms with Gasteiger partial charge in [-0.15, -0.1) is 0 Å². The van der Waals surface area contributed by atoms with Crippen LogP contribution in [0.3, 0.4) is 0 Å². The van der Waals surface area contributed by atoms with E-state index < -0.39 is 5.63 Å². The molecule has 3 rings (SSSR count). The van der Waals surface area contributed by atoms with Crippen LogP contribution < -0.4 is 5.63 Å². The quantitative estimate of drug-likeness (QED) is 0.329. The topological polar surface area (TPSA) is 83.0 Å². The molecule has 3 aromatic rings. The second-order valence-electron chi connectivity index (χ2n) is 4.56. The first-order chi connectivity index (χ1) is 10.6. The largest absolute Gasteiger partial charge is 0.506 e. The number of rotatable bonds is 2. The van der Waals surface area contributed by atoms with E-state index in [0.717, 1.165) is 0 Å². The molecular weight excluding hydrogens is 306 g/mol. The molecular formula is C16H10ClNO4. The van der Waals surface area contributed by atoms with Crippen LogP contribution in [0.15, 0.2) is 62.9 Å². The fraction of sp³-hybridized carbons (Fsp3) is 0. The van der Waals surface area contributed by atoms with Crippen molar-refractivity contribution >= 4 is 28.3 Å². The van der Waals surface area contributed by atoms with Crippen molar-refractivity contribution < 1.29 is 14.7 Å². The second kappa shape index (κ2) is 5.54. The number of halogens is 1. The summed E-state index contributed by atoms with van der Waals surface area (Å²) < 4.78 is 5.17. The summed E-state index contributed by atoms with van der Waals surface area (Å²) in [7, 11) is 0. The third kappa shape index (κ3) is 2.31. The summed E-state index contributed by atoms with van der Waals surface area (Å²) in [6, 6.07) is 12.9. The first kappa shape index (κ1) is 14.2. The second-order valence-corrected chi connectivity index (χ2v) is 5.00. The van der Waals surface area contributed by atoms with Gasteiger partial charge in [-0.3, -0.25) is 0 Å². The zero-order valence-corrected chi connectivity index (χ0v) is 11.9. The fourth-order valence-electron chi connectivity index (χ4n) is 2.20. The lowest BCUT2D eigenvalue weighted by atomic mass is 10.0. The molecule has 0 amide bonds. The van der Waals surface area contributed by atoms with Gasteiger partial charge >= 0.3 is 5.63 Å². The average molecular weight is 316 g/mol. The number of hydrogen-bond acceptors (Lipinski definition) is 5. The first-order valence-electron chi connectivity index (χ1n) is 6.35. The highest BCUT2D eigenvalue weighted by atomic mass is 35.5. The SMILES string of the molecule is O=c1oc2ccccc2c(O)c1/C(=N/O)c1ccc(Cl)cc1. The Morgan fingerprint density at radius 1 is 1.09 bits per heavy atom. The highest BCUT2D eigenvalue weighted by Gasteiger charge is 2.21. The van der Waals surface area contributed by atoms with Crippen molar-refractivity contribution in [2.45, 2.75) is 0 Å². The predicted molar refractivity (Wildman–Crippen MR) is 83.0 cm³/mol. The minimum absolute atomic E-state index is 0.0892. The Morgan fingerprint density at radius 3 is 2.45 bits per heavy atom. The van der Waals surface area contributed by atoms with Gasteiger partial charge in [0.1, 0.15) is 22.6 Å². The Kier molecular flexibility index (Phi) is 3.56. The summed E-state index contributed by atoms with van der Waals surface area (Å²) >= 11 is 5.81. The van der Waals surface area contributed by atoms with Crippen molar-refractivity contribution in [3.63, 3.8) is 0 Å². The maximum Gasteiger partial charge on any atom is 0.349 e. The monoisotopic (exact) mass is 315 g/mol. The number of hydrogen-bond donors (Lipinski definition) is 2. The molecule has 0 aliphatic heterocycles. The summed E-state index contributed by atoms with van der Waals surface area (Å²) in [5.74, 6) is -0.297. The standard InChI is InChI=1S/C16H10ClNO4/c17-10-7-5-9(6-8-10)14(18-21)13-15(19)11-3-1-2-4-12(11)22-16(13)20/h1-8,19,21H/b18-14+. The molecule has 0 unspecified atom stereocenters. The van der Waals surface area contributed by atoms with Gasteiger partial charge in [0.15, 0.2) is 0 Å². The molecule has 0 radical (unpaired) electrons. The van der Waals surface area contributed by atoms with Crippen molar-refractivity contribution in [1.82, 2.24) is 0 Å². The number of para-hydroxylation sites is 1. The van der Waals surface area contributed by atoms with Crippen molar-refractivity contribution in [2.75, 3.05) is 0 Å². The number of benzene rings is 2. The summed E-state index contributed by atoms with van der Waals surface area (Å²) in [5, 5.41) is 23.6. The van der Waals surface area contributed by atoms with Gasteiger partial charge in [0.2, 0.25) is 0 Å². The Hall–Kier alpha value is -2.79. The van der Waals surface area contributed by atoms with Crippen LogP contribution in [0.25, 0.3) is 11.0 Å². The maximum atomic E-state index is 12.1. The fourth-order valence-corrected chi connectivity index (χ4v) is 2.33. The van der Waals surface area contributed by atoms with E-state index in [2.05, 4.69) is 5.16 Å². The van der Waals surface area contributed by atoms with E-state index in [4.69, 9.17) is 16.0 Å². The van der Waals surface area contributed by atoms with Crippen LogP contribution in [-0.4, -0.2) is 16.0 Å². The van der Waals surface area contributed by atoms with Crippen molar-refractivity contribution in [3.8, 4) is 5.75 Å². The highest BCUT2D eigenvalue weighted by molar-refractivity contribution is 6.30. The first-order valence-corrected chi connectivity index (χ1v) is 6.73. The minimum atomic E-state index is -0.793. The minimum Gasteiger partial charge on any atom is -0.506 e. The highest BCUT2D eigenvalue weighted by Crippen LogP contribution is 2.28. The predicted octanol–water partition coefficient (Wildman–Crippen LogP) is 3.38. The number of oxime groups is 1. The Labute approximate surface area is 129 Å². The van der Waals surface area contributed by atoms with Crippen LogP contribution in [-0.2, 0) is 0 Å². The van der Waals surface area contributed by atoms with E-state index in [0.29, 0.717) is 16.0 Å². The zero-order chi connectivity index (χ0) is 15.7. The van der Waals surface area contributed by atoms with Crippen LogP contribution in [0.1, 0.15) is 11.1 Å². The van der Waals surface area contributed by atoms with E-state index in [1.54, 1.807) is 48.5 Å². The molecule has 2 N–H and O–H groups in total. The van der Waals surface area contributed by atoms with Crippen LogP contribution in [0.5, 0.6) is 5.75 Å². The molecule has 1 heterocycles. The number of fused-ring (bicyclic) bond motifs is 1. The Balaban J connectivity index is 2.28. The molecule has 5 nitrogen and oxygen atoms in total. The molecule has 0 saturated carbocycles. The summed E-state index contributed by atoms with van der Waals surface area (Å²) in [5.41, 5.74) is -0.414. The molecule has 0 saturated heterocycles. The lowest BCUT2D eigenvalue weighted by molar-refractivity contribution is 0.319. The molecule has 6 heteroatoms. The van der Waals surface area contributed by atoms with Gasteiger partial charge in [-0.2, -0.15) is 0 Å². The molecule has 0 aliphatic rings. The molecule has 1 aromatic heterocycles. The normalized spacial score (nSPS) is 11.8. The molecule has 0 spiro atoms. The van der Waals surface area contributed by atoms with E-state index in [-0.39, 0.29) is 22.6 Å². The Morgan fingerprint density at radius 2 is 1.77 bits per heavy atom. The average Bonchev–Trinajstić information content (AvgIpc) is 2.52. The van der Waals surface area contributed by atoms with E-state index >= 15 is 0 Å². The lowest BCUT2D eigenvalue weighted by Crippen LogP contribution is -2.16. The molecule has 110 valence electrons. The molecule has 22 heavy (non-hydrogen) atoms. The molecule has 2 aromatic carbocycles. The number of nitrogens with zero attached hydrogens (tertiary/aromatic N) is 1. The van der Waals surface area contributed by atoms with E-state index in [1.807, 2.05) is 0 Å². The summed E-state index contributed by atoms with van der Waals surface area (Å²) in [4.78, 5) is 12.1. The van der Waals surface area contributed by atoms with Crippen LogP contribution in [0.4, 0.5) is 0 Å². The van der Waals surface area contributed by atoms with E-state index in [9.17, 15) is 15.1 Å². The summed E-state index contributed by atoms with van der Waals surface area (Å²) in [6.45, 7) is 0. The van der Waals surface area contributed by atoms with Gasteiger partial charge in [0.05, 0.1) is 5.39 Å². The van der Waals surface area contributed by atoms with Crippen LogP contribution >= 0.6 is 11.6 Å². The van der Waals surface area contributed by atoms with Gasteiger partial charge in [0, 0.05) is 10.6 Å². The number of aromatic hydroxyl groups is 1. The molecule has 0 fully saturated rings. The third-order valence-electron chi connectivity index (χ3n) is 3.24. The van der Waals surface area contributed by atoms with Crippen molar-refractivity contribution in [3.05, 3.63) is 75.1 Å².